The van der Waals surface area contributed by atoms with Crippen molar-refractivity contribution in [2.45, 2.75) is 44.4 Å². The molecule has 1 aromatic rings. The van der Waals surface area contributed by atoms with Gasteiger partial charge in [0.15, 0.2) is 0 Å². The zero-order valence-electron chi connectivity index (χ0n) is 13.3. The molecule has 1 heterocycles. The molecule has 0 N–H and O–H groups in total. The van der Waals surface area contributed by atoms with Crippen molar-refractivity contribution in [1.29, 1.82) is 0 Å². The molecule has 3 rings (SSSR count). The lowest BCUT2D eigenvalue weighted by molar-refractivity contribution is -0.313. The van der Waals surface area contributed by atoms with Crippen molar-refractivity contribution in [3.05, 3.63) is 29.8 Å². The van der Waals surface area contributed by atoms with Gasteiger partial charge < -0.3 is 9.26 Å². The summed E-state index contributed by atoms with van der Waals surface area (Å²) in [6.07, 6.45) is 2.42. The van der Waals surface area contributed by atoms with Crippen LogP contribution in [-0.4, -0.2) is 33.3 Å². The van der Waals surface area contributed by atoms with Gasteiger partial charge in [0.1, 0.15) is 5.75 Å². The van der Waals surface area contributed by atoms with Crippen molar-refractivity contribution in [2.24, 2.45) is 5.92 Å². The van der Waals surface area contributed by atoms with E-state index in [0.717, 1.165) is 12.4 Å². The Balaban J connectivity index is 1.79. The number of fused-ring (bicyclic) bond motifs is 1. The minimum absolute atomic E-state index is 0.352. The third kappa shape index (κ3) is 3.16. The molecule has 0 bridgehead atoms. The monoisotopic (exact) mass is 307 g/mol. The maximum Gasteiger partial charge on any atom is 0.215 e. The quantitative estimate of drug-likeness (QED) is 0.796. The first kappa shape index (κ1) is 15.0. The molecule has 1 aliphatic heterocycles. The molecular formula is C16H25NO3Si. The molecule has 116 valence electrons. The van der Waals surface area contributed by atoms with Crippen LogP contribution in [0, 0.1) is 5.92 Å². The number of methoxy groups -OCH3 is 1. The summed E-state index contributed by atoms with van der Waals surface area (Å²) in [7, 11) is 0.0568. The first-order chi connectivity index (χ1) is 9.98. The molecule has 0 amide bonds. The second-order valence-electron chi connectivity index (χ2n) is 6.99. The average molecular weight is 307 g/mol. The topological polar surface area (TPSA) is 30.9 Å². The molecule has 0 radical (unpaired) electrons. The molecule has 1 saturated heterocycles. The van der Waals surface area contributed by atoms with Crippen LogP contribution in [0.4, 0.5) is 0 Å². The van der Waals surface area contributed by atoms with E-state index in [4.69, 9.17) is 14.1 Å². The number of hydroxylamine groups is 2. The van der Waals surface area contributed by atoms with Crippen LogP contribution in [0.25, 0.3) is 0 Å². The molecular weight excluding hydrogens is 282 g/mol. The van der Waals surface area contributed by atoms with Gasteiger partial charge >= 0.3 is 0 Å². The van der Waals surface area contributed by atoms with Crippen LogP contribution in [0.5, 0.6) is 5.75 Å². The fourth-order valence-electron chi connectivity index (χ4n) is 3.39. The van der Waals surface area contributed by atoms with Gasteiger partial charge in [-0.25, -0.2) is 0 Å². The lowest BCUT2D eigenvalue weighted by Gasteiger charge is -2.31. The molecule has 3 unspecified atom stereocenters. The highest BCUT2D eigenvalue weighted by atomic mass is 28.4. The van der Waals surface area contributed by atoms with Gasteiger partial charge in [0.25, 0.3) is 0 Å². The number of rotatable bonds is 4. The molecule has 1 aliphatic carbocycles. The van der Waals surface area contributed by atoms with Crippen molar-refractivity contribution in [1.82, 2.24) is 5.23 Å². The van der Waals surface area contributed by atoms with E-state index >= 15 is 0 Å². The Morgan fingerprint density at radius 3 is 2.48 bits per heavy atom. The summed E-state index contributed by atoms with van der Waals surface area (Å²) < 4.78 is 11.4. The molecule has 21 heavy (non-hydrogen) atoms. The van der Waals surface area contributed by atoms with E-state index in [1.165, 1.54) is 18.4 Å². The first-order valence-electron chi connectivity index (χ1n) is 7.73. The minimum Gasteiger partial charge on any atom is -0.497 e. The van der Waals surface area contributed by atoms with Gasteiger partial charge in [-0.2, -0.15) is 0 Å². The highest BCUT2D eigenvalue weighted by Gasteiger charge is 2.48. The van der Waals surface area contributed by atoms with E-state index in [1.54, 1.807) is 7.11 Å². The normalized spacial score (nSPS) is 29.6. The third-order valence-corrected chi connectivity index (χ3v) is 5.04. The highest BCUT2D eigenvalue weighted by Crippen LogP contribution is 2.46. The van der Waals surface area contributed by atoms with Crippen molar-refractivity contribution in [3.63, 3.8) is 0 Å². The maximum absolute atomic E-state index is 6.13. The van der Waals surface area contributed by atoms with Crippen LogP contribution in [0.3, 0.4) is 0 Å². The van der Waals surface area contributed by atoms with E-state index < -0.39 is 8.32 Å². The Morgan fingerprint density at radius 1 is 1.14 bits per heavy atom. The average Bonchev–Trinajstić information content (AvgIpc) is 3.01. The fraction of sp³-hybridized carbons (Fsp3) is 0.625. The van der Waals surface area contributed by atoms with E-state index in [1.807, 2.05) is 17.4 Å². The van der Waals surface area contributed by atoms with Crippen LogP contribution >= 0.6 is 0 Å². The number of nitrogens with zero attached hydrogens (tertiary/aromatic N) is 1. The predicted octanol–water partition coefficient (Wildman–Crippen LogP) is 3.57. The Bertz CT molecular complexity index is 485. The van der Waals surface area contributed by atoms with Crippen LogP contribution in [-0.2, 0) is 9.36 Å². The molecule has 2 fully saturated rings. The standard InChI is InChI=1S/C16H25NO3Si/c1-18-14-8-5-12(6-9-14)15-10-7-13-11-19-17(16(13)15)20-21(2,3)4/h5-6,8-9,13,15-16H,7,10-11H2,1-4H3. The molecule has 4 nitrogen and oxygen atoms in total. The largest absolute Gasteiger partial charge is 0.497 e. The molecule has 0 spiro atoms. The summed E-state index contributed by atoms with van der Waals surface area (Å²) in [6, 6.07) is 8.79. The summed E-state index contributed by atoms with van der Waals surface area (Å²) >= 11 is 0. The maximum atomic E-state index is 6.13. The highest BCUT2D eigenvalue weighted by molar-refractivity contribution is 6.69. The van der Waals surface area contributed by atoms with Crippen molar-refractivity contribution < 1.29 is 14.1 Å². The van der Waals surface area contributed by atoms with Crippen molar-refractivity contribution in [3.8, 4) is 5.75 Å². The van der Waals surface area contributed by atoms with E-state index in [9.17, 15) is 0 Å². The van der Waals surface area contributed by atoms with Crippen LogP contribution in [0.15, 0.2) is 24.3 Å². The zero-order valence-corrected chi connectivity index (χ0v) is 14.3. The van der Waals surface area contributed by atoms with Gasteiger partial charge in [-0.15, -0.1) is 0 Å². The van der Waals surface area contributed by atoms with Crippen molar-refractivity contribution in [2.75, 3.05) is 13.7 Å². The predicted molar refractivity (Wildman–Crippen MR) is 84.5 cm³/mol. The Hall–Kier alpha value is -0.883. The summed E-state index contributed by atoms with van der Waals surface area (Å²) in [5.41, 5.74) is 1.36. The SMILES string of the molecule is COc1ccc(C2CCC3CON(O[Si](C)(C)C)C32)cc1. The van der Waals surface area contributed by atoms with Gasteiger partial charge in [-0.05, 0) is 50.2 Å². The zero-order chi connectivity index (χ0) is 15.0. The van der Waals surface area contributed by atoms with Crippen LogP contribution in [0.2, 0.25) is 19.6 Å². The van der Waals surface area contributed by atoms with Crippen molar-refractivity contribution >= 4 is 8.32 Å². The Labute approximate surface area is 128 Å². The van der Waals surface area contributed by atoms with Gasteiger partial charge in [-0.3, -0.25) is 4.84 Å². The summed E-state index contributed by atoms with van der Waals surface area (Å²) in [5.74, 6) is 1.99. The third-order valence-electron chi connectivity index (χ3n) is 4.31. The fourth-order valence-corrected chi connectivity index (χ4v) is 4.11. The molecule has 1 saturated carbocycles. The summed E-state index contributed by atoms with van der Waals surface area (Å²) in [6.45, 7) is 7.38. The van der Waals surface area contributed by atoms with Crippen LogP contribution in [0.1, 0.15) is 24.3 Å². The lowest BCUT2D eigenvalue weighted by Crippen LogP contribution is -2.41. The lowest BCUT2D eigenvalue weighted by atomic mass is 9.92. The molecule has 2 aliphatic rings. The van der Waals surface area contributed by atoms with E-state index in [0.29, 0.717) is 17.9 Å². The minimum atomic E-state index is -1.65. The van der Waals surface area contributed by atoms with Gasteiger partial charge in [0, 0.05) is 11.8 Å². The molecule has 0 aromatic heterocycles. The van der Waals surface area contributed by atoms with E-state index in [2.05, 4.69) is 31.8 Å². The number of hydrogen-bond donors (Lipinski definition) is 0. The molecule has 3 atom stereocenters. The second-order valence-corrected chi connectivity index (χ2v) is 11.4. The van der Waals surface area contributed by atoms with Gasteiger partial charge in [0.05, 0.1) is 19.8 Å². The summed E-state index contributed by atoms with van der Waals surface area (Å²) in [5, 5.41) is 1.83. The number of hydrogen-bond acceptors (Lipinski definition) is 4. The van der Waals surface area contributed by atoms with Gasteiger partial charge in [-0.1, -0.05) is 17.4 Å². The molecule has 5 heteroatoms. The number of ether oxygens (including phenoxy) is 1. The number of benzene rings is 1. The Morgan fingerprint density at radius 2 is 1.86 bits per heavy atom. The van der Waals surface area contributed by atoms with Crippen LogP contribution < -0.4 is 4.74 Å². The van der Waals surface area contributed by atoms with Gasteiger partial charge in [0.2, 0.25) is 8.32 Å². The first-order valence-corrected chi connectivity index (χ1v) is 11.1. The smallest absolute Gasteiger partial charge is 0.215 e. The second kappa shape index (κ2) is 5.72. The summed E-state index contributed by atoms with van der Waals surface area (Å²) in [4.78, 5) is 5.81. The molecule has 1 aromatic carbocycles. The van der Waals surface area contributed by atoms with E-state index in [-0.39, 0.29) is 0 Å². The Kier molecular flexibility index (Phi) is 4.09.